The Morgan fingerprint density at radius 2 is 1.97 bits per heavy atom. The first-order chi connectivity index (χ1) is 14.6. The van der Waals surface area contributed by atoms with E-state index in [1.807, 2.05) is 6.92 Å². The monoisotopic (exact) mass is 432 g/mol. The summed E-state index contributed by atoms with van der Waals surface area (Å²) in [7, 11) is 0. The third kappa shape index (κ3) is 3.95. The van der Waals surface area contributed by atoms with E-state index in [1.54, 1.807) is 6.07 Å². The SMILES string of the molecule is CCCCn1c(=O)n(CCCCc2noc(-c3ccoc3)n2)c(=O)c2[nH]c(Cl)nc21. The zero-order valence-corrected chi connectivity index (χ0v) is 17.2. The molecule has 4 aromatic rings. The average molecular weight is 433 g/mol. The Bertz CT molecular complexity index is 1250. The number of hydrogen-bond acceptors (Lipinski definition) is 7. The number of furan rings is 1. The van der Waals surface area contributed by atoms with Crippen molar-refractivity contribution in [1.29, 1.82) is 0 Å². The van der Waals surface area contributed by atoms with Crippen LogP contribution in [-0.2, 0) is 19.5 Å². The molecule has 0 saturated heterocycles. The van der Waals surface area contributed by atoms with Gasteiger partial charge in [-0.2, -0.15) is 9.97 Å². The molecule has 0 unspecified atom stereocenters. The van der Waals surface area contributed by atoms with E-state index in [0.29, 0.717) is 43.2 Å². The van der Waals surface area contributed by atoms with Gasteiger partial charge in [0.1, 0.15) is 6.26 Å². The van der Waals surface area contributed by atoms with Crippen LogP contribution < -0.4 is 11.2 Å². The summed E-state index contributed by atoms with van der Waals surface area (Å²) in [5.74, 6) is 0.963. The molecule has 0 fully saturated rings. The predicted molar refractivity (Wildman–Crippen MR) is 109 cm³/mol. The molecule has 0 radical (unpaired) electrons. The fourth-order valence-corrected chi connectivity index (χ4v) is 3.44. The van der Waals surface area contributed by atoms with Gasteiger partial charge in [-0.3, -0.25) is 13.9 Å². The van der Waals surface area contributed by atoms with Crippen LogP contribution in [0.2, 0.25) is 5.28 Å². The van der Waals surface area contributed by atoms with Gasteiger partial charge >= 0.3 is 5.69 Å². The van der Waals surface area contributed by atoms with E-state index in [9.17, 15) is 9.59 Å². The molecule has 10 nitrogen and oxygen atoms in total. The van der Waals surface area contributed by atoms with Crippen molar-refractivity contribution in [3.8, 4) is 11.5 Å². The van der Waals surface area contributed by atoms with Crippen LogP contribution in [0.5, 0.6) is 0 Å². The highest BCUT2D eigenvalue weighted by Gasteiger charge is 2.17. The molecule has 1 N–H and O–H groups in total. The Balaban J connectivity index is 1.47. The van der Waals surface area contributed by atoms with Gasteiger partial charge in [-0.15, -0.1) is 0 Å². The molecule has 0 amide bonds. The van der Waals surface area contributed by atoms with E-state index in [-0.39, 0.29) is 23.0 Å². The topological polar surface area (TPSA) is 125 Å². The van der Waals surface area contributed by atoms with Crippen molar-refractivity contribution in [1.82, 2.24) is 29.2 Å². The summed E-state index contributed by atoms with van der Waals surface area (Å²) in [5.41, 5.74) is 0.492. The van der Waals surface area contributed by atoms with Gasteiger partial charge in [-0.25, -0.2) is 4.79 Å². The summed E-state index contributed by atoms with van der Waals surface area (Å²) in [4.78, 5) is 36.9. The molecule has 4 aromatic heterocycles. The molecule has 0 bridgehead atoms. The van der Waals surface area contributed by atoms with Crippen LogP contribution in [0.4, 0.5) is 0 Å². The lowest BCUT2D eigenvalue weighted by Crippen LogP contribution is -2.40. The van der Waals surface area contributed by atoms with Crippen molar-refractivity contribution in [2.24, 2.45) is 0 Å². The molecule has 0 aromatic carbocycles. The molecule has 0 spiro atoms. The largest absolute Gasteiger partial charge is 0.472 e. The molecular weight excluding hydrogens is 412 g/mol. The number of nitrogens with zero attached hydrogens (tertiary/aromatic N) is 5. The van der Waals surface area contributed by atoms with Gasteiger partial charge < -0.3 is 13.9 Å². The van der Waals surface area contributed by atoms with E-state index in [4.69, 9.17) is 20.5 Å². The normalized spacial score (nSPS) is 11.5. The molecule has 4 rings (SSSR count). The second kappa shape index (κ2) is 8.70. The van der Waals surface area contributed by atoms with Crippen LogP contribution in [0, 0.1) is 0 Å². The highest BCUT2D eigenvalue weighted by molar-refractivity contribution is 6.28. The van der Waals surface area contributed by atoms with Crippen LogP contribution in [0.1, 0.15) is 38.4 Å². The minimum atomic E-state index is -0.413. The van der Waals surface area contributed by atoms with Crippen molar-refractivity contribution < 1.29 is 8.94 Å². The summed E-state index contributed by atoms with van der Waals surface area (Å²) in [5, 5.41) is 4.05. The summed E-state index contributed by atoms with van der Waals surface area (Å²) >= 11 is 5.94. The molecule has 158 valence electrons. The minimum Gasteiger partial charge on any atom is -0.472 e. The van der Waals surface area contributed by atoms with Crippen LogP contribution in [0.3, 0.4) is 0 Å². The number of unbranched alkanes of at least 4 members (excludes halogenated alkanes) is 2. The Kier molecular flexibility index (Phi) is 5.84. The zero-order chi connectivity index (χ0) is 21.1. The van der Waals surface area contributed by atoms with Crippen molar-refractivity contribution in [3.63, 3.8) is 0 Å². The quantitative estimate of drug-likeness (QED) is 0.318. The van der Waals surface area contributed by atoms with Gasteiger partial charge in [-0.05, 0) is 36.9 Å². The molecule has 0 aliphatic heterocycles. The Morgan fingerprint density at radius 1 is 1.13 bits per heavy atom. The number of aryl methyl sites for hydroxylation is 2. The number of hydrogen-bond donors (Lipinski definition) is 1. The van der Waals surface area contributed by atoms with Crippen molar-refractivity contribution in [2.75, 3.05) is 0 Å². The number of halogens is 1. The summed E-state index contributed by atoms with van der Waals surface area (Å²) < 4.78 is 13.0. The van der Waals surface area contributed by atoms with Crippen LogP contribution in [0.25, 0.3) is 22.6 Å². The molecule has 30 heavy (non-hydrogen) atoms. The molecular formula is C19H21ClN6O4. The van der Waals surface area contributed by atoms with Crippen molar-refractivity contribution >= 4 is 22.8 Å². The lowest BCUT2D eigenvalue weighted by Gasteiger charge is -2.10. The summed E-state index contributed by atoms with van der Waals surface area (Å²) in [6.07, 6.45) is 6.64. The predicted octanol–water partition coefficient (Wildman–Crippen LogP) is 3.01. The Labute approximate surface area is 175 Å². The number of rotatable bonds is 9. The summed E-state index contributed by atoms with van der Waals surface area (Å²) in [6, 6.07) is 1.74. The number of nitrogens with one attached hydrogen (secondary N) is 1. The molecule has 0 aliphatic rings. The molecule has 0 saturated carbocycles. The highest BCUT2D eigenvalue weighted by atomic mass is 35.5. The standard InChI is InChI=1S/C19H21ClN6O4/c1-2-3-8-25-15-14(22-18(20)23-15)17(27)26(19(25)28)9-5-4-6-13-21-16(30-24-13)12-7-10-29-11-12/h7,10-11H,2-6,8-9H2,1H3,(H,22,23). The molecule has 4 heterocycles. The van der Waals surface area contributed by atoms with E-state index in [0.717, 1.165) is 18.4 Å². The number of fused-ring (bicyclic) bond motifs is 1. The van der Waals surface area contributed by atoms with Gasteiger partial charge in [0.05, 0.1) is 11.8 Å². The van der Waals surface area contributed by atoms with Crippen LogP contribution in [-0.4, -0.2) is 29.2 Å². The first kappa shape index (κ1) is 20.1. The van der Waals surface area contributed by atoms with Gasteiger partial charge in [-0.1, -0.05) is 18.5 Å². The lowest BCUT2D eigenvalue weighted by atomic mass is 10.2. The van der Waals surface area contributed by atoms with E-state index in [2.05, 4.69) is 20.1 Å². The first-order valence-corrected chi connectivity index (χ1v) is 10.2. The van der Waals surface area contributed by atoms with Gasteiger partial charge in [0.15, 0.2) is 17.0 Å². The van der Waals surface area contributed by atoms with Crippen molar-refractivity contribution in [2.45, 2.75) is 52.1 Å². The maximum Gasteiger partial charge on any atom is 0.332 e. The smallest absolute Gasteiger partial charge is 0.332 e. The Hall–Kier alpha value is -3.14. The minimum absolute atomic E-state index is 0.0926. The first-order valence-electron chi connectivity index (χ1n) is 9.82. The van der Waals surface area contributed by atoms with Crippen LogP contribution in [0.15, 0.2) is 37.1 Å². The number of H-pyrrole nitrogens is 1. The maximum absolute atomic E-state index is 12.9. The van der Waals surface area contributed by atoms with E-state index >= 15 is 0 Å². The number of aromatic amines is 1. The van der Waals surface area contributed by atoms with Crippen LogP contribution >= 0.6 is 11.6 Å². The fraction of sp³-hybridized carbons (Fsp3) is 0.421. The van der Waals surface area contributed by atoms with Gasteiger partial charge in [0.2, 0.25) is 5.28 Å². The molecule has 0 atom stereocenters. The van der Waals surface area contributed by atoms with E-state index in [1.165, 1.54) is 21.7 Å². The lowest BCUT2D eigenvalue weighted by molar-refractivity contribution is 0.419. The molecule has 11 heteroatoms. The van der Waals surface area contributed by atoms with Crippen molar-refractivity contribution in [3.05, 3.63) is 50.5 Å². The fourth-order valence-electron chi connectivity index (χ4n) is 3.27. The van der Waals surface area contributed by atoms with Gasteiger partial charge in [0.25, 0.3) is 11.4 Å². The summed E-state index contributed by atoms with van der Waals surface area (Å²) in [6.45, 7) is 2.79. The second-order valence-electron chi connectivity index (χ2n) is 6.96. The van der Waals surface area contributed by atoms with Gasteiger partial charge in [0, 0.05) is 19.5 Å². The third-order valence-electron chi connectivity index (χ3n) is 4.84. The third-order valence-corrected chi connectivity index (χ3v) is 5.01. The molecule has 0 aliphatic carbocycles. The zero-order valence-electron chi connectivity index (χ0n) is 16.4. The number of aromatic nitrogens is 6. The Morgan fingerprint density at radius 3 is 2.73 bits per heavy atom. The number of imidazole rings is 1. The highest BCUT2D eigenvalue weighted by Crippen LogP contribution is 2.17. The van der Waals surface area contributed by atoms with E-state index < -0.39 is 5.56 Å². The average Bonchev–Trinajstić information content (AvgIpc) is 3.47. The maximum atomic E-state index is 12.9. The second-order valence-corrected chi connectivity index (χ2v) is 7.31.